The Morgan fingerprint density at radius 3 is 3.19 bits per heavy atom. The molecule has 1 aliphatic heterocycles. The summed E-state index contributed by atoms with van der Waals surface area (Å²) < 4.78 is 15.7. The lowest BCUT2D eigenvalue weighted by Gasteiger charge is -2.18. The van der Waals surface area contributed by atoms with E-state index in [4.69, 9.17) is 4.98 Å². The lowest BCUT2D eigenvalue weighted by molar-refractivity contribution is 0.628. The molecule has 108 valence electrons. The maximum absolute atomic E-state index is 13.6. The van der Waals surface area contributed by atoms with Crippen LogP contribution < -0.4 is 10.2 Å². The van der Waals surface area contributed by atoms with Gasteiger partial charge in [-0.05, 0) is 31.2 Å². The van der Waals surface area contributed by atoms with Crippen LogP contribution in [0.2, 0.25) is 0 Å². The molecule has 0 spiro atoms. The first-order chi connectivity index (χ1) is 10.3. The third kappa shape index (κ3) is 1.94. The summed E-state index contributed by atoms with van der Waals surface area (Å²) in [6.45, 7) is 1.58. The number of fused-ring (bicyclic) bond motifs is 2. The zero-order valence-corrected chi connectivity index (χ0v) is 12.5. The fourth-order valence-corrected chi connectivity index (χ4v) is 3.67. The Bertz CT molecular complexity index is 807. The molecule has 3 heterocycles. The monoisotopic (exact) mass is 302 g/mol. The number of hydrogen-bond donors (Lipinski definition) is 1. The summed E-state index contributed by atoms with van der Waals surface area (Å²) in [6, 6.07) is 5.02. The summed E-state index contributed by atoms with van der Waals surface area (Å²) in [6.07, 6.45) is 2.96. The largest absolute Gasteiger partial charge is 0.324 e. The standard InChI is InChI=1S/C15H15FN4S/c1-17-9-13-14(18-15-20(13)6-7-21-15)19-5-4-10-2-3-11(16)8-12(10)19/h2-3,6-8,17H,4-5,9H2,1H3. The van der Waals surface area contributed by atoms with Gasteiger partial charge in [0, 0.05) is 30.4 Å². The first-order valence-electron chi connectivity index (χ1n) is 6.93. The van der Waals surface area contributed by atoms with Crippen LogP contribution in [0.25, 0.3) is 4.96 Å². The van der Waals surface area contributed by atoms with Gasteiger partial charge in [-0.1, -0.05) is 6.07 Å². The van der Waals surface area contributed by atoms with Crippen LogP contribution >= 0.6 is 11.3 Å². The molecule has 0 bridgehead atoms. The van der Waals surface area contributed by atoms with Crippen LogP contribution in [0.1, 0.15) is 11.3 Å². The van der Waals surface area contributed by atoms with E-state index in [1.165, 1.54) is 11.6 Å². The summed E-state index contributed by atoms with van der Waals surface area (Å²) in [5.74, 6) is 0.734. The van der Waals surface area contributed by atoms with Gasteiger partial charge in [0.2, 0.25) is 0 Å². The van der Waals surface area contributed by atoms with Gasteiger partial charge < -0.3 is 10.2 Å². The Labute approximate surface area is 125 Å². The molecule has 21 heavy (non-hydrogen) atoms. The van der Waals surface area contributed by atoms with Crippen LogP contribution in [0.3, 0.4) is 0 Å². The van der Waals surface area contributed by atoms with Crippen LogP contribution in [-0.4, -0.2) is 23.0 Å². The van der Waals surface area contributed by atoms with E-state index in [2.05, 4.69) is 14.6 Å². The number of thiazole rings is 1. The lowest BCUT2D eigenvalue weighted by atomic mass is 10.2. The number of nitrogens with one attached hydrogen (secondary N) is 1. The van der Waals surface area contributed by atoms with Crippen molar-refractivity contribution in [2.24, 2.45) is 0 Å². The molecule has 2 aromatic heterocycles. The number of halogens is 1. The highest BCUT2D eigenvalue weighted by atomic mass is 32.1. The van der Waals surface area contributed by atoms with E-state index < -0.39 is 0 Å². The van der Waals surface area contributed by atoms with E-state index in [9.17, 15) is 4.39 Å². The maximum Gasteiger partial charge on any atom is 0.195 e. The van der Waals surface area contributed by atoms with Crippen molar-refractivity contribution in [2.75, 3.05) is 18.5 Å². The zero-order chi connectivity index (χ0) is 14.4. The fraction of sp³-hybridized carbons (Fsp3) is 0.267. The summed E-state index contributed by atoms with van der Waals surface area (Å²) in [5, 5.41) is 5.22. The molecule has 0 radical (unpaired) electrons. The number of aromatic nitrogens is 2. The highest BCUT2D eigenvalue weighted by Crippen LogP contribution is 2.37. The summed E-state index contributed by atoms with van der Waals surface area (Å²) in [5.41, 5.74) is 3.24. The van der Waals surface area contributed by atoms with E-state index in [1.807, 2.05) is 24.7 Å². The van der Waals surface area contributed by atoms with Crippen molar-refractivity contribution in [2.45, 2.75) is 13.0 Å². The van der Waals surface area contributed by atoms with Gasteiger partial charge in [0.15, 0.2) is 10.8 Å². The molecule has 1 aliphatic rings. The van der Waals surface area contributed by atoms with Crippen molar-refractivity contribution in [3.8, 4) is 0 Å². The van der Waals surface area contributed by atoms with Gasteiger partial charge in [-0.3, -0.25) is 4.40 Å². The molecule has 0 aliphatic carbocycles. The Kier molecular flexibility index (Phi) is 2.94. The second kappa shape index (κ2) is 4.82. The van der Waals surface area contributed by atoms with Gasteiger partial charge in [0.05, 0.1) is 5.69 Å². The molecule has 0 saturated carbocycles. The summed E-state index contributed by atoms with van der Waals surface area (Å²) in [7, 11) is 1.92. The van der Waals surface area contributed by atoms with E-state index in [0.717, 1.165) is 41.7 Å². The average Bonchev–Trinajstić information content (AvgIpc) is 3.14. The molecule has 0 unspecified atom stereocenters. The van der Waals surface area contributed by atoms with Crippen LogP contribution in [-0.2, 0) is 13.0 Å². The number of imidazole rings is 1. The number of anilines is 2. The highest BCUT2D eigenvalue weighted by Gasteiger charge is 2.26. The molecule has 4 rings (SSSR count). The smallest absolute Gasteiger partial charge is 0.195 e. The molecule has 3 aromatic rings. The molecule has 1 aromatic carbocycles. The predicted octanol–water partition coefficient (Wildman–Crippen LogP) is 2.95. The van der Waals surface area contributed by atoms with Crippen molar-refractivity contribution in [3.63, 3.8) is 0 Å². The normalized spacial score (nSPS) is 14.1. The first kappa shape index (κ1) is 12.8. The molecule has 4 nitrogen and oxygen atoms in total. The molecule has 0 fully saturated rings. The third-order valence-electron chi connectivity index (χ3n) is 3.88. The topological polar surface area (TPSA) is 32.6 Å². The van der Waals surface area contributed by atoms with E-state index in [1.54, 1.807) is 17.4 Å². The van der Waals surface area contributed by atoms with Crippen LogP contribution in [0.5, 0.6) is 0 Å². The number of rotatable bonds is 3. The first-order valence-corrected chi connectivity index (χ1v) is 7.81. The second-order valence-corrected chi connectivity index (χ2v) is 6.02. The Balaban J connectivity index is 1.86. The highest BCUT2D eigenvalue weighted by molar-refractivity contribution is 7.15. The van der Waals surface area contributed by atoms with Gasteiger partial charge in [-0.25, -0.2) is 9.37 Å². The molecule has 0 saturated heterocycles. The van der Waals surface area contributed by atoms with Crippen molar-refractivity contribution < 1.29 is 4.39 Å². The van der Waals surface area contributed by atoms with Crippen molar-refractivity contribution in [1.82, 2.24) is 14.7 Å². The molecule has 1 N–H and O–H groups in total. The Hall–Kier alpha value is -1.92. The SMILES string of the molecule is CNCc1c(N2CCc3ccc(F)cc32)nc2sccn12. The minimum absolute atomic E-state index is 0.197. The van der Waals surface area contributed by atoms with Crippen molar-refractivity contribution >= 4 is 27.8 Å². The van der Waals surface area contributed by atoms with E-state index in [0.29, 0.717) is 0 Å². The van der Waals surface area contributed by atoms with Gasteiger partial charge in [-0.2, -0.15) is 0 Å². The molecule has 0 atom stereocenters. The lowest BCUT2D eigenvalue weighted by Crippen LogP contribution is -2.18. The molecular formula is C15H15FN4S. The molecular weight excluding hydrogens is 287 g/mol. The number of hydrogen-bond acceptors (Lipinski definition) is 4. The van der Waals surface area contributed by atoms with Gasteiger partial charge >= 0.3 is 0 Å². The minimum atomic E-state index is -0.197. The van der Waals surface area contributed by atoms with E-state index >= 15 is 0 Å². The van der Waals surface area contributed by atoms with E-state index in [-0.39, 0.29) is 5.82 Å². The van der Waals surface area contributed by atoms with Crippen molar-refractivity contribution in [1.29, 1.82) is 0 Å². The van der Waals surface area contributed by atoms with Gasteiger partial charge in [-0.15, -0.1) is 11.3 Å². The van der Waals surface area contributed by atoms with Gasteiger partial charge in [0.1, 0.15) is 5.82 Å². The third-order valence-corrected chi connectivity index (χ3v) is 4.64. The van der Waals surface area contributed by atoms with Crippen LogP contribution in [0, 0.1) is 5.82 Å². The Morgan fingerprint density at radius 2 is 2.33 bits per heavy atom. The predicted molar refractivity (Wildman–Crippen MR) is 82.9 cm³/mol. The van der Waals surface area contributed by atoms with Crippen LogP contribution in [0.15, 0.2) is 29.8 Å². The zero-order valence-electron chi connectivity index (χ0n) is 11.6. The number of nitrogens with zero attached hydrogens (tertiary/aromatic N) is 3. The average molecular weight is 302 g/mol. The molecule has 6 heteroatoms. The summed E-state index contributed by atoms with van der Waals surface area (Å²) in [4.78, 5) is 7.85. The second-order valence-electron chi connectivity index (χ2n) is 5.14. The molecule has 0 amide bonds. The van der Waals surface area contributed by atoms with Crippen molar-refractivity contribution in [3.05, 3.63) is 46.9 Å². The number of benzene rings is 1. The van der Waals surface area contributed by atoms with Crippen LogP contribution in [0.4, 0.5) is 15.9 Å². The maximum atomic E-state index is 13.6. The minimum Gasteiger partial charge on any atom is -0.324 e. The summed E-state index contributed by atoms with van der Waals surface area (Å²) >= 11 is 1.61. The van der Waals surface area contributed by atoms with Gasteiger partial charge in [0.25, 0.3) is 0 Å². The Morgan fingerprint density at radius 1 is 1.43 bits per heavy atom. The fourth-order valence-electron chi connectivity index (χ4n) is 2.94. The quantitative estimate of drug-likeness (QED) is 0.807.